The third kappa shape index (κ3) is 3.02. The first-order valence-electron chi connectivity index (χ1n) is 7.36. The van der Waals surface area contributed by atoms with Crippen molar-refractivity contribution in [2.75, 3.05) is 0 Å². The number of hydrogen-bond donors (Lipinski definition) is 0. The summed E-state index contributed by atoms with van der Waals surface area (Å²) in [6.07, 6.45) is 0. The molecule has 0 heterocycles. The second-order valence-corrected chi connectivity index (χ2v) is 8.01. The third-order valence-electron chi connectivity index (χ3n) is 3.74. The first-order valence-corrected chi connectivity index (χ1v) is 9.09. The maximum Gasteiger partial charge on any atom is 0.163 e. The van der Waals surface area contributed by atoms with Crippen molar-refractivity contribution in [2.45, 2.75) is 22.5 Å². The Hall–Kier alpha value is -2.19. The van der Waals surface area contributed by atoms with Crippen LogP contribution in [0.2, 0.25) is 0 Å². The van der Waals surface area contributed by atoms with Gasteiger partial charge in [0.05, 0.1) is 0 Å². The molecule has 0 amide bonds. The molecule has 0 bridgehead atoms. The quantitative estimate of drug-likeness (QED) is 0.612. The van der Waals surface area contributed by atoms with E-state index in [-0.39, 0.29) is 0 Å². The fraction of sp³-hybridized carbons (Fsp3) is 0.100. The van der Waals surface area contributed by atoms with E-state index >= 15 is 0 Å². The summed E-state index contributed by atoms with van der Waals surface area (Å²) in [7, 11) is -2.31. The average molecular weight is 307 g/mol. The molecule has 0 radical (unpaired) electrons. The summed E-state index contributed by atoms with van der Waals surface area (Å²) >= 11 is 0. The summed E-state index contributed by atoms with van der Waals surface area (Å²) in [5.74, 6) is 0.529. The lowest BCUT2D eigenvalue weighted by atomic mass is 10.2. The lowest BCUT2D eigenvalue weighted by molar-refractivity contribution is 0.583. The van der Waals surface area contributed by atoms with Crippen molar-refractivity contribution in [2.24, 2.45) is 0 Å². The average Bonchev–Trinajstić information content (AvgIpc) is 2.58. The van der Waals surface area contributed by atoms with Crippen LogP contribution < -0.4 is 0 Å². The van der Waals surface area contributed by atoms with Crippen LogP contribution in [0, 0.1) is 6.92 Å². The van der Waals surface area contributed by atoms with Gasteiger partial charge in [0, 0.05) is 5.56 Å². The van der Waals surface area contributed by atoms with Gasteiger partial charge in [-0.05, 0) is 31.2 Å². The van der Waals surface area contributed by atoms with E-state index in [2.05, 4.69) is 31.2 Å². The highest BCUT2D eigenvalue weighted by Gasteiger charge is 2.34. The Bertz CT molecular complexity index is 733. The lowest BCUT2D eigenvalue weighted by Gasteiger charge is -2.12. The van der Waals surface area contributed by atoms with E-state index in [9.17, 15) is 4.21 Å². The van der Waals surface area contributed by atoms with Gasteiger partial charge in [0.2, 0.25) is 0 Å². The van der Waals surface area contributed by atoms with Gasteiger partial charge in [-0.2, -0.15) is 0 Å². The summed E-state index contributed by atoms with van der Waals surface area (Å²) in [6.45, 7) is 2.06. The maximum absolute atomic E-state index is 13.8. The van der Waals surface area contributed by atoms with E-state index in [4.69, 9.17) is 0 Å². The van der Waals surface area contributed by atoms with Crippen LogP contribution in [-0.2, 0) is 19.9 Å². The van der Waals surface area contributed by atoms with Gasteiger partial charge in [-0.15, -0.1) is 0 Å². The molecule has 0 atom stereocenters. The predicted molar refractivity (Wildman–Crippen MR) is 92.4 cm³/mol. The van der Waals surface area contributed by atoms with E-state index in [0.717, 1.165) is 15.4 Å². The van der Waals surface area contributed by atoms with Crippen LogP contribution in [0.3, 0.4) is 0 Å². The van der Waals surface area contributed by atoms with E-state index in [1.165, 1.54) is 5.56 Å². The Kier molecular flexibility index (Phi) is 4.21. The Morgan fingerprint density at radius 2 is 1.14 bits per heavy atom. The maximum atomic E-state index is 13.8. The summed E-state index contributed by atoms with van der Waals surface area (Å²) in [5, 5.41) is 0. The van der Waals surface area contributed by atoms with Gasteiger partial charge >= 0.3 is 0 Å². The van der Waals surface area contributed by atoms with Gasteiger partial charge in [0.15, 0.2) is 19.7 Å². The zero-order valence-corrected chi connectivity index (χ0v) is 13.4. The summed E-state index contributed by atoms with van der Waals surface area (Å²) < 4.78 is 13.8. The van der Waals surface area contributed by atoms with Crippen LogP contribution >= 0.6 is 0 Å². The van der Waals surface area contributed by atoms with Gasteiger partial charge in [-0.3, -0.25) is 0 Å². The highest BCUT2D eigenvalue weighted by atomic mass is 32.2. The zero-order valence-electron chi connectivity index (χ0n) is 12.6. The van der Waals surface area contributed by atoms with Crippen molar-refractivity contribution in [3.63, 3.8) is 0 Å². The van der Waals surface area contributed by atoms with Crippen molar-refractivity contribution in [3.05, 3.63) is 96.1 Å². The zero-order chi connectivity index (χ0) is 15.4. The Labute approximate surface area is 133 Å². The highest BCUT2D eigenvalue weighted by molar-refractivity contribution is 8.02. The fourth-order valence-electron chi connectivity index (χ4n) is 2.50. The molecule has 0 fully saturated rings. The standard InChI is InChI=1S/C20H19OS/c1-17-12-14-18(15-13-17)16-22(21,19-8-4-2-5-9-19)20-10-6-3-7-11-20/h2-15H,16H2,1H3/q+1. The van der Waals surface area contributed by atoms with E-state index in [1.54, 1.807) is 0 Å². The van der Waals surface area contributed by atoms with Crippen LogP contribution in [0.5, 0.6) is 0 Å². The molecule has 3 aromatic rings. The molecule has 0 unspecified atom stereocenters. The van der Waals surface area contributed by atoms with Crippen molar-refractivity contribution >= 4 is 9.93 Å². The first-order chi connectivity index (χ1) is 10.7. The largest absolute Gasteiger partial charge is 0.163 e. The van der Waals surface area contributed by atoms with Gasteiger partial charge in [0.25, 0.3) is 0 Å². The molecule has 22 heavy (non-hydrogen) atoms. The minimum absolute atomic E-state index is 0.529. The summed E-state index contributed by atoms with van der Waals surface area (Å²) in [6, 6.07) is 27.9. The second-order valence-electron chi connectivity index (χ2n) is 5.43. The molecular weight excluding hydrogens is 288 g/mol. The number of hydrogen-bond acceptors (Lipinski definition) is 1. The van der Waals surface area contributed by atoms with Crippen molar-refractivity contribution < 1.29 is 4.21 Å². The SMILES string of the molecule is Cc1ccc(C[S+](=O)(c2ccccc2)c2ccccc2)cc1. The van der Waals surface area contributed by atoms with E-state index in [1.807, 2.05) is 60.7 Å². The normalized spacial score (nSPS) is 11.3. The molecule has 0 aliphatic rings. The molecule has 0 saturated carbocycles. The molecule has 0 spiro atoms. The molecule has 0 saturated heterocycles. The molecule has 2 heteroatoms. The van der Waals surface area contributed by atoms with Gasteiger partial charge in [0.1, 0.15) is 5.75 Å². The highest BCUT2D eigenvalue weighted by Crippen LogP contribution is 2.32. The van der Waals surface area contributed by atoms with Gasteiger partial charge < -0.3 is 0 Å². The molecule has 110 valence electrons. The van der Waals surface area contributed by atoms with Crippen LogP contribution in [0.25, 0.3) is 0 Å². The Morgan fingerprint density at radius 3 is 1.59 bits per heavy atom. The minimum atomic E-state index is -2.31. The summed E-state index contributed by atoms with van der Waals surface area (Å²) in [5.41, 5.74) is 2.32. The number of aryl methyl sites for hydroxylation is 1. The molecule has 1 nitrogen and oxygen atoms in total. The van der Waals surface area contributed by atoms with Crippen LogP contribution in [0.4, 0.5) is 0 Å². The number of rotatable bonds is 4. The van der Waals surface area contributed by atoms with Crippen LogP contribution in [-0.4, -0.2) is 0 Å². The van der Waals surface area contributed by atoms with Crippen molar-refractivity contribution in [1.29, 1.82) is 0 Å². The molecule has 3 rings (SSSR count). The van der Waals surface area contributed by atoms with E-state index < -0.39 is 9.93 Å². The molecule has 3 aromatic carbocycles. The lowest BCUT2D eigenvalue weighted by Crippen LogP contribution is -2.15. The molecule has 0 aliphatic heterocycles. The monoisotopic (exact) mass is 307 g/mol. The Morgan fingerprint density at radius 1 is 0.682 bits per heavy atom. The van der Waals surface area contributed by atoms with Crippen molar-refractivity contribution in [3.8, 4) is 0 Å². The third-order valence-corrected chi connectivity index (χ3v) is 6.55. The topological polar surface area (TPSA) is 17.1 Å². The Balaban J connectivity index is 2.08. The van der Waals surface area contributed by atoms with Gasteiger partial charge in [-0.1, -0.05) is 70.4 Å². The van der Waals surface area contributed by atoms with E-state index in [0.29, 0.717) is 5.75 Å². The molecule has 0 N–H and O–H groups in total. The fourth-order valence-corrected chi connectivity index (χ4v) is 4.96. The minimum Gasteiger partial charge on any atom is -0.0933 e. The molecule has 0 aromatic heterocycles. The molecular formula is C20H19OS+. The first kappa shape index (κ1) is 14.7. The van der Waals surface area contributed by atoms with Crippen LogP contribution in [0.15, 0.2) is 94.7 Å². The predicted octanol–water partition coefficient (Wildman–Crippen LogP) is 5.11. The second kappa shape index (κ2) is 6.29. The van der Waals surface area contributed by atoms with Gasteiger partial charge in [-0.25, -0.2) is 0 Å². The molecule has 0 aliphatic carbocycles. The smallest absolute Gasteiger partial charge is 0.0933 e. The number of benzene rings is 3. The van der Waals surface area contributed by atoms with Crippen LogP contribution in [0.1, 0.15) is 11.1 Å². The summed E-state index contributed by atoms with van der Waals surface area (Å²) in [4.78, 5) is 1.78. The van der Waals surface area contributed by atoms with Crippen molar-refractivity contribution in [1.82, 2.24) is 0 Å².